The van der Waals surface area contributed by atoms with E-state index >= 15 is 0 Å². The number of benzene rings is 1. The van der Waals surface area contributed by atoms with E-state index in [1.807, 2.05) is 32.0 Å². The summed E-state index contributed by atoms with van der Waals surface area (Å²) >= 11 is 0. The van der Waals surface area contributed by atoms with Gasteiger partial charge in [0.2, 0.25) is 5.91 Å². The zero-order chi connectivity index (χ0) is 13.8. The monoisotopic (exact) mass is 259 g/mol. The summed E-state index contributed by atoms with van der Waals surface area (Å²) in [7, 11) is 0. The molecule has 0 radical (unpaired) electrons. The van der Waals surface area contributed by atoms with Crippen molar-refractivity contribution in [2.45, 2.75) is 26.7 Å². The molecule has 19 heavy (non-hydrogen) atoms. The molecule has 100 valence electrons. The van der Waals surface area contributed by atoms with Crippen molar-refractivity contribution in [3.63, 3.8) is 0 Å². The van der Waals surface area contributed by atoms with Crippen LogP contribution in [0.2, 0.25) is 0 Å². The lowest BCUT2D eigenvalue weighted by Crippen LogP contribution is -2.26. The third-order valence-electron chi connectivity index (χ3n) is 2.91. The van der Waals surface area contributed by atoms with Crippen molar-refractivity contribution >= 4 is 16.9 Å². The lowest BCUT2D eigenvalue weighted by atomic mass is 10.1. The Kier molecular flexibility index (Phi) is 4.00. The van der Waals surface area contributed by atoms with Crippen LogP contribution in [0.25, 0.3) is 11.0 Å². The first-order valence-corrected chi connectivity index (χ1v) is 6.40. The van der Waals surface area contributed by atoms with Crippen molar-refractivity contribution in [1.29, 1.82) is 0 Å². The van der Waals surface area contributed by atoms with Crippen LogP contribution in [-0.2, 0) is 11.2 Å². The molecular weight excluding hydrogens is 242 g/mol. The van der Waals surface area contributed by atoms with Gasteiger partial charge in [0.25, 0.3) is 0 Å². The first-order valence-electron chi connectivity index (χ1n) is 6.40. The van der Waals surface area contributed by atoms with Crippen LogP contribution >= 0.6 is 0 Å². The molecule has 0 saturated carbocycles. The standard InChI is InChI=1S/C15H17NO3/c1-3-6-16-14(17)8-11-9-15(18)19-13-7-10(2)4-5-12(11)13/h4-5,7,9H,3,6,8H2,1-2H3,(H,16,17). The number of carbonyl (C=O) groups excluding carboxylic acids is 1. The second kappa shape index (κ2) is 5.69. The summed E-state index contributed by atoms with van der Waals surface area (Å²) in [4.78, 5) is 23.3. The first kappa shape index (κ1) is 13.3. The molecule has 0 spiro atoms. The van der Waals surface area contributed by atoms with Gasteiger partial charge in [0, 0.05) is 18.0 Å². The lowest BCUT2D eigenvalue weighted by Gasteiger charge is -2.06. The highest BCUT2D eigenvalue weighted by Crippen LogP contribution is 2.18. The number of hydrogen-bond acceptors (Lipinski definition) is 3. The number of aryl methyl sites for hydroxylation is 1. The smallest absolute Gasteiger partial charge is 0.336 e. The topological polar surface area (TPSA) is 59.3 Å². The van der Waals surface area contributed by atoms with Gasteiger partial charge in [-0.05, 0) is 30.5 Å². The number of amides is 1. The number of hydrogen-bond donors (Lipinski definition) is 1. The van der Waals surface area contributed by atoms with E-state index in [-0.39, 0.29) is 12.3 Å². The molecule has 1 N–H and O–H groups in total. The Morgan fingerprint density at radius 2 is 2.11 bits per heavy atom. The summed E-state index contributed by atoms with van der Waals surface area (Å²) in [6, 6.07) is 7.03. The van der Waals surface area contributed by atoms with E-state index in [1.54, 1.807) is 0 Å². The third kappa shape index (κ3) is 3.22. The summed E-state index contributed by atoms with van der Waals surface area (Å²) in [5.74, 6) is -0.0747. The molecule has 0 unspecified atom stereocenters. The number of fused-ring (bicyclic) bond motifs is 1. The van der Waals surface area contributed by atoms with Crippen LogP contribution in [0.1, 0.15) is 24.5 Å². The fourth-order valence-electron chi connectivity index (χ4n) is 1.98. The van der Waals surface area contributed by atoms with Gasteiger partial charge in [0.1, 0.15) is 5.58 Å². The molecule has 1 amide bonds. The average Bonchev–Trinajstić information content (AvgIpc) is 2.35. The maximum absolute atomic E-state index is 11.7. The van der Waals surface area contributed by atoms with E-state index < -0.39 is 5.63 Å². The molecule has 1 aromatic carbocycles. The molecule has 0 saturated heterocycles. The van der Waals surface area contributed by atoms with Gasteiger partial charge < -0.3 is 9.73 Å². The maximum Gasteiger partial charge on any atom is 0.336 e. The summed E-state index contributed by atoms with van der Waals surface area (Å²) < 4.78 is 5.16. The summed E-state index contributed by atoms with van der Waals surface area (Å²) in [5.41, 5.74) is 1.84. The average molecular weight is 259 g/mol. The van der Waals surface area contributed by atoms with Crippen LogP contribution in [0.15, 0.2) is 33.5 Å². The van der Waals surface area contributed by atoms with Crippen LogP contribution in [0.3, 0.4) is 0 Å². The van der Waals surface area contributed by atoms with Crippen molar-refractivity contribution in [2.24, 2.45) is 0 Å². The van der Waals surface area contributed by atoms with E-state index in [2.05, 4.69) is 5.32 Å². The SMILES string of the molecule is CCCNC(=O)Cc1cc(=O)oc2cc(C)ccc12. The largest absolute Gasteiger partial charge is 0.423 e. The molecular formula is C15H17NO3. The quantitative estimate of drug-likeness (QED) is 0.856. The van der Waals surface area contributed by atoms with Gasteiger partial charge in [0.05, 0.1) is 6.42 Å². The zero-order valence-corrected chi connectivity index (χ0v) is 11.2. The van der Waals surface area contributed by atoms with Gasteiger partial charge in [-0.3, -0.25) is 4.79 Å². The molecule has 2 aromatic rings. The van der Waals surface area contributed by atoms with E-state index in [9.17, 15) is 9.59 Å². The van der Waals surface area contributed by atoms with Gasteiger partial charge in [-0.2, -0.15) is 0 Å². The highest BCUT2D eigenvalue weighted by molar-refractivity contribution is 5.87. The minimum atomic E-state index is -0.420. The lowest BCUT2D eigenvalue weighted by molar-refractivity contribution is -0.120. The summed E-state index contributed by atoms with van der Waals surface area (Å²) in [5, 5.41) is 3.62. The third-order valence-corrected chi connectivity index (χ3v) is 2.91. The molecule has 0 aliphatic heterocycles. The van der Waals surface area contributed by atoms with Gasteiger partial charge >= 0.3 is 5.63 Å². The molecule has 0 aliphatic rings. The molecule has 4 heteroatoms. The molecule has 1 heterocycles. The fraction of sp³-hybridized carbons (Fsp3) is 0.333. The van der Waals surface area contributed by atoms with Crippen molar-refractivity contribution in [3.05, 3.63) is 45.8 Å². The normalized spacial score (nSPS) is 10.6. The van der Waals surface area contributed by atoms with Gasteiger partial charge in [0.15, 0.2) is 0 Å². The number of carbonyl (C=O) groups is 1. The summed E-state index contributed by atoms with van der Waals surface area (Å²) in [6.45, 7) is 4.58. The Hall–Kier alpha value is -2.10. The molecule has 4 nitrogen and oxygen atoms in total. The van der Waals surface area contributed by atoms with Crippen LogP contribution in [0.4, 0.5) is 0 Å². The molecule has 1 aromatic heterocycles. The Morgan fingerprint density at radius 3 is 2.84 bits per heavy atom. The number of nitrogens with one attached hydrogen (secondary N) is 1. The second-order valence-corrected chi connectivity index (χ2v) is 4.62. The van der Waals surface area contributed by atoms with Gasteiger partial charge in [-0.25, -0.2) is 4.79 Å². The fourth-order valence-corrected chi connectivity index (χ4v) is 1.98. The number of rotatable bonds is 4. The molecule has 0 fully saturated rings. The Bertz CT molecular complexity index is 658. The predicted molar refractivity (Wildman–Crippen MR) is 74.2 cm³/mol. The van der Waals surface area contributed by atoms with Crippen LogP contribution < -0.4 is 10.9 Å². The van der Waals surface area contributed by atoms with Crippen molar-refractivity contribution in [1.82, 2.24) is 5.32 Å². The van der Waals surface area contributed by atoms with Gasteiger partial charge in [-0.1, -0.05) is 19.1 Å². The first-order chi connectivity index (χ1) is 9.10. The van der Waals surface area contributed by atoms with Crippen LogP contribution in [-0.4, -0.2) is 12.5 Å². The van der Waals surface area contributed by atoms with Crippen molar-refractivity contribution in [2.75, 3.05) is 6.54 Å². The van der Waals surface area contributed by atoms with Crippen LogP contribution in [0, 0.1) is 6.92 Å². The van der Waals surface area contributed by atoms with E-state index in [1.165, 1.54) is 6.07 Å². The zero-order valence-electron chi connectivity index (χ0n) is 11.2. The highest BCUT2D eigenvalue weighted by Gasteiger charge is 2.09. The van der Waals surface area contributed by atoms with Crippen molar-refractivity contribution < 1.29 is 9.21 Å². The Labute approximate surface area is 111 Å². The highest BCUT2D eigenvalue weighted by atomic mass is 16.4. The Morgan fingerprint density at radius 1 is 1.32 bits per heavy atom. The molecule has 0 aliphatic carbocycles. The van der Waals surface area contributed by atoms with E-state index in [0.29, 0.717) is 17.7 Å². The maximum atomic E-state index is 11.7. The van der Waals surface area contributed by atoms with Crippen LogP contribution in [0.5, 0.6) is 0 Å². The molecule has 0 atom stereocenters. The van der Waals surface area contributed by atoms with E-state index in [0.717, 1.165) is 17.4 Å². The van der Waals surface area contributed by atoms with E-state index in [4.69, 9.17) is 4.42 Å². The minimum absolute atomic E-state index is 0.0747. The molecule has 0 bridgehead atoms. The molecule has 2 rings (SSSR count). The summed E-state index contributed by atoms with van der Waals surface area (Å²) in [6.07, 6.45) is 1.09. The van der Waals surface area contributed by atoms with Crippen molar-refractivity contribution in [3.8, 4) is 0 Å². The second-order valence-electron chi connectivity index (χ2n) is 4.62. The predicted octanol–water partition coefficient (Wildman–Crippen LogP) is 2.17. The van der Waals surface area contributed by atoms with Gasteiger partial charge in [-0.15, -0.1) is 0 Å². The minimum Gasteiger partial charge on any atom is -0.423 e. The Balaban J connectivity index is 2.37.